The van der Waals surface area contributed by atoms with E-state index in [0.29, 0.717) is 26.0 Å². The van der Waals surface area contributed by atoms with Crippen molar-refractivity contribution in [3.63, 3.8) is 0 Å². The summed E-state index contributed by atoms with van der Waals surface area (Å²) < 4.78 is 10.1. The van der Waals surface area contributed by atoms with Crippen LogP contribution in [-0.2, 0) is 33.4 Å². The van der Waals surface area contributed by atoms with Crippen LogP contribution in [0.2, 0.25) is 0 Å². The molecule has 0 aromatic rings. The fourth-order valence-electron chi connectivity index (χ4n) is 3.03. The van der Waals surface area contributed by atoms with Crippen LogP contribution in [0.5, 0.6) is 0 Å². The number of nitrogens with zero attached hydrogens (tertiary/aromatic N) is 2. The number of amides is 3. The fraction of sp³-hybridized carbons (Fsp3) is 0.875. The van der Waals surface area contributed by atoms with E-state index in [2.05, 4.69) is 67.6 Å². The number of ether oxygens (including phenoxy) is 2. The van der Waals surface area contributed by atoms with Gasteiger partial charge < -0.3 is 30.5 Å². The Labute approximate surface area is 319 Å². The number of carbonyl (C=O) groups is 5. The van der Waals surface area contributed by atoms with E-state index in [4.69, 9.17) is 20.3 Å². The topological polar surface area (TPSA) is 169 Å². The van der Waals surface area contributed by atoms with E-state index in [9.17, 15) is 24.0 Å². The van der Waals surface area contributed by atoms with Crippen molar-refractivity contribution in [1.82, 2.24) is 15.1 Å². The van der Waals surface area contributed by atoms with Crippen molar-refractivity contribution in [1.29, 1.82) is 0 Å². The molecule has 0 aromatic heterocycles. The van der Waals surface area contributed by atoms with Gasteiger partial charge in [0.2, 0.25) is 17.7 Å². The van der Waals surface area contributed by atoms with E-state index < -0.39 is 18.0 Å². The Morgan fingerprint density at radius 3 is 1.33 bits per heavy atom. The Hall–Kier alpha value is -2.73. The van der Waals surface area contributed by atoms with E-state index in [1.165, 1.54) is 0 Å². The summed E-state index contributed by atoms with van der Waals surface area (Å²) in [4.78, 5) is 57.0. The molecule has 0 radical (unpaired) electrons. The number of nitrogens with one attached hydrogen (secondary N) is 1. The first-order valence-electron chi connectivity index (χ1n) is 18.4. The maximum absolute atomic E-state index is 11.1. The number of carboxylic acid groups (broad SMARTS) is 1. The third-order valence-electron chi connectivity index (χ3n) is 6.81. The van der Waals surface area contributed by atoms with Gasteiger partial charge in [-0.25, -0.2) is 0 Å². The van der Waals surface area contributed by atoms with E-state index in [0.717, 1.165) is 19.3 Å². The van der Waals surface area contributed by atoms with Crippen molar-refractivity contribution in [3.05, 3.63) is 0 Å². The minimum atomic E-state index is -0.704. The van der Waals surface area contributed by atoms with Gasteiger partial charge in [-0.2, -0.15) is 0 Å². The average molecular weight is 749 g/mol. The van der Waals surface area contributed by atoms with Gasteiger partial charge in [-0.15, -0.1) is 0 Å². The van der Waals surface area contributed by atoms with Gasteiger partial charge in [0.25, 0.3) is 0 Å². The first-order chi connectivity index (χ1) is 22.9. The third-order valence-corrected chi connectivity index (χ3v) is 6.81. The Balaban J connectivity index is -0.000000178. The summed E-state index contributed by atoms with van der Waals surface area (Å²) >= 11 is 0. The van der Waals surface area contributed by atoms with Crippen LogP contribution >= 0.6 is 0 Å². The highest BCUT2D eigenvalue weighted by molar-refractivity contribution is 5.78. The second-order valence-electron chi connectivity index (χ2n) is 18.6. The number of hydrogen-bond donors (Lipinski definition) is 3. The lowest BCUT2D eigenvalue weighted by Crippen LogP contribution is -2.41. The number of aliphatic carboxylic acids is 1. The van der Waals surface area contributed by atoms with Gasteiger partial charge in [0.1, 0.15) is 6.10 Å². The molecule has 0 saturated carbocycles. The van der Waals surface area contributed by atoms with Gasteiger partial charge in [0.05, 0.1) is 18.8 Å². The van der Waals surface area contributed by atoms with E-state index >= 15 is 0 Å². The molecule has 0 fully saturated rings. The van der Waals surface area contributed by atoms with Gasteiger partial charge >= 0.3 is 11.9 Å². The highest BCUT2D eigenvalue weighted by Crippen LogP contribution is 2.21. The Bertz CT molecular complexity index is 992. The van der Waals surface area contributed by atoms with Crippen molar-refractivity contribution < 1.29 is 38.6 Å². The lowest BCUT2D eigenvalue weighted by atomic mass is 9.90. The number of nitrogens with two attached hydrogens (primary N) is 1. The summed E-state index contributed by atoms with van der Waals surface area (Å²) in [6.45, 7) is 35.1. The van der Waals surface area contributed by atoms with Crippen molar-refractivity contribution >= 4 is 29.7 Å². The standard InChI is InChI=1S/C9H19NO2.C9H19NO.C8H17NO.C7H15NO2.C7H14O2/c1-6-12-8(11)7-10(5)9(2,3)4;1-9(2,3)7-6-8(11)10(4)5;1-8(2,3)6-5-7(10)9-4;1-5(6(8)9)10-7(2,3)4;1-7(2,3)5-4-6(8)9/h6-7H2,1-5H3;6-7H2,1-5H3;5-6H2,1-4H3,(H,9,10);5H,1-4H3,(H2,8,9);4-5H2,1-3H3,(H,8,9). The number of carboxylic acids is 1. The van der Waals surface area contributed by atoms with E-state index in [-0.39, 0.29) is 51.6 Å². The molecule has 0 saturated heterocycles. The summed E-state index contributed by atoms with van der Waals surface area (Å²) in [7, 11) is 7.18. The zero-order valence-corrected chi connectivity index (χ0v) is 37.5. The van der Waals surface area contributed by atoms with Gasteiger partial charge in [0.15, 0.2) is 0 Å². The van der Waals surface area contributed by atoms with Crippen LogP contribution in [0.1, 0.15) is 156 Å². The Morgan fingerprint density at radius 1 is 0.712 bits per heavy atom. The van der Waals surface area contributed by atoms with Gasteiger partial charge in [0, 0.05) is 45.9 Å². The molecule has 12 heteroatoms. The fourth-order valence-corrected chi connectivity index (χ4v) is 3.03. The number of hydrogen-bond acceptors (Lipinski definition) is 8. The van der Waals surface area contributed by atoms with Crippen LogP contribution in [0.3, 0.4) is 0 Å². The van der Waals surface area contributed by atoms with Crippen LogP contribution in [0.4, 0.5) is 0 Å². The monoisotopic (exact) mass is 749 g/mol. The van der Waals surface area contributed by atoms with Crippen LogP contribution < -0.4 is 11.1 Å². The molecule has 0 heterocycles. The second-order valence-corrected chi connectivity index (χ2v) is 18.6. The highest BCUT2D eigenvalue weighted by atomic mass is 16.5. The molecule has 312 valence electrons. The Morgan fingerprint density at radius 2 is 1.10 bits per heavy atom. The molecular formula is C40H84N4O8. The maximum atomic E-state index is 11.1. The lowest BCUT2D eigenvalue weighted by molar-refractivity contribution is -0.145. The predicted octanol–water partition coefficient (Wildman–Crippen LogP) is 7.31. The summed E-state index contributed by atoms with van der Waals surface area (Å²) in [6, 6.07) is 0. The van der Waals surface area contributed by atoms with E-state index in [1.807, 2.05) is 60.4 Å². The SMILES string of the molecule is CC(C)(C)CCC(=O)O.CC(OC(C)(C)C)C(N)=O.CCOC(=O)CN(C)C(C)(C)C.CN(C)C(=O)CCC(C)(C)C.CNC(=O)CCC(C)(C)C. The largest absolute Gasteiger partial charge is 0.481 e. The van der Waals surface area contributed by atoms with Crippen molar-refractivity contribution in [2.24, 2.45) is 22.0 Å². The molecule has 0 aliphatic heterocycles. The quantitative estimate of drug-likeness (QED) is 0.184. The molecule has 1 unspecified atom stereocenters. The number of primary amides is 1. The number of carbonyl (C=O) groups excluding carboxylic acids is 4. The van der Waals surface area contributed by atoms with Crippen LogP contribution in [0, 0.1) is 16.2 Å². The van der Waals surface area contributed by atoms with E-state index in [1.54, 1.807) is 33.0 Å². The van der Waals surface area contributed by atoms with Crippen molar-refractivity contribution in [2.75, 3.05) is 41.3 Å². The molecule has 0 aromatic carbocycles. The maximum Gasteiger partial charge on any atom is 0.320 e. The van der Waals surface area contributed by atoms with Gasteiger partial charge in [-0.1, -0.05) is 62.3 Å². The molecular weight excluding hydrogens is 664 g/mol. The normalized spacial score (nSPS) is 12.1. The minimum absolute atomic E-state index is 0.0206. The molecule has 0 bridgehead atoms. The summed E-state index contributed by atoms with van der Waals surface area (Å²) in [5.74, 6) is -0.926. The van der Waals surface area contributed by atoms with Crippen LogP contribution in [0.25, 0.3) is 0 Å². The number of esters is 1. The molecule has 0 aliphatic carbocycles. The summed E-state index contributed by atoms with van der Waals surface area (Å²) in [6.07, 6.45) is 3.75. The smallest absolute Gasteiger partial charge is 0.320 e. The molecule has 12 nitrogen and oxygen atoms in total. The second kappa shape index (κ2) is 27.8. The third kappa shape index (κ3) is 54.1. The van der Waals surface area contributed by atoms with Crippen LogP contribution in [0.15, 0.2) is 0 Å². The number of likely N-dealkylation sites (N-methyl/N-ethyl adjacent to an activating group) is 1. The first-order valence-corrected chi connectivity index (χ1v) is 18.4. The molecule has 1 atom stereocenters. The first kappa shape index (κ1) is 58.6. The highest BCUT2D eigenvalue weighted by Gasteiger charge is 2.20. The zero-order valence-electron chi connectivity index (χ0n) is 37.5. The summed E-state index contributed by atoms with van der Waals surface area (Å²) in [5, 5.41) is 10.9. The Kier molecular flexibility index (Phi) is 31.3. The lowest BCUT2D eigenvalue weighted by Gasteiger charge is -2.30. The van der Waals surface area contributed by atoms with Crippen molar-refractivity contribution in [2.45, 2.75) is 173 Å². The average Bonchev–Trinajstić information content (AvgIpc) is 2.92. The molecule has 4 N–H and O–H groups in total. The molecule has 0 aliphatic rings. The van der Waals surface area contributed by atoms with Gasteiger partial charge in [-0.3, -0.25) is 28.9 Å². The molecule has 3 amide bonds. The predicted molar refractivity (Wildman–Crippen MR) is 215 cm³/mol. The molecule has 52 heavy (non-hydrogen) atoms. The zero-order chi connectivity index (χ0) is 42.9. The minimum Gasteiger partial charge on any atom is -0.481 e. The van der Waals surface area contributed by atoms with Crippen LogP contribution in [-0.4, -0.2) is 103 Å². The number of rotatable bonds is 11. The van der Waals surface area contributed by atoms with Gasteiger partial charge in [-0.05, 0) is 97.9 Å². The van der Waals surface area contributed by atoms with Crippen molar-refractivity contribution in [3.8, 4) is 0 Å². The molecule has 0 spiro atoms. The summed E-state index contributed by atoms with van der Waals surface area (Å²) in [5.41, 5.74) is 5.39. The molecule has 0 rings (SSSR count).